The molecular weight excluding hydrogens is 307 g/mol. The van der Waals surface area contributed by atoms with Crippen molar-refractivity contribution in [3.05, 3.63) is 65.0 Å². The molecule has 2 rings (SSSR count). The summed E-state index contributed by atoms with van der Waals surface area (Å²) in [5.41, 5.74) is 3.29. The molecule has 19 heavy (non-hydrogen) atoms. The molecule has 0 N–H and O–H groups in total. The molecule has 0 aliphatic carbocycles. The van der Waals surface area contributed by atoms with Crippen molar-refractivity contribution >= 4 is 15.9 Å². The van der Waals surface area contributed by atoms with Gasteiger partial charge in [0.25, 0.3) is 0 Å². The van der Waals surface area contributed by atoms with Crippen LogP contribution in [0.1, 0.15) is 28.4 Å². The van der Waals surface area contributed by atoms with E-state index in [0.717, 1.165) is 17.5 Å². The van der Waals surface area contributed by atoms with Gasteiger partial charge in [0.15, 0.2) is 11.6 Å². The van der Waals surface area contributed by atoms with Gasteiger partial charge in [-0.05, 0) is 35.2 Å². The number of alkyl halides is 1. The lowest BCUT2D eigenvalue weighted by molar-refractivity contribution is 0.386. The largest absolute Gasteiger partial charge is 0.494 e. The molecule has 0 aliphatic heterocycles. The minimum absolute atomic E-state index is 0.0150. The molecule has 0 bridgehead atoms. The van der Waals surface area contributed by atoms with Crippen molar-refractivity contribution in [3.63, 3.8) is 0 Å². The summed E-state index contributed by atoms with van der Waals surface area (Å²) < 4.78 is 18.6. The van der Waals surface area contributed by atoms with Gasteiger partial charge in [-0.15, -0.1) is 0 Å². The van der Waals surface area contributed by atoms with E-state index in [9.17, 15) is 4.39 Å². The standard InChI is InChI=1S/C16H16BrFO/c1-3-11-4-6-12(7-5-11)16(17)13-8-9-15(19-2)14(18)10-13/h4-10,16H,3H2,1-2H3. The summed E-state index contributed by atoms with van der Waals surface area (Å²) in [5.74, 6) is -0.0700. The Morgan fingerprint density at radius 1 is 1.11 bits per heavy atom. The van der Waals surface area contributed by atoms with Crippen molar-refractivity contribution in [2.75, 3.05) is 7.11 Å². The Labute approximate surface area is 121 Å². The van der Waals surface area contributed by atoms with Crippen LogP contribution in [0.15, 0.2) is 42.5 Å². The van der Waals surface area contributed by atoms with E-state index in [-0.39, 0.29) is 16.4 Å². The molecule has 0 heterocycles. The van der Waals surface area contributed by atoms with Crippen molar-refractivity contribution in [3.8, 4) is 5.75 Å². The Hall–Kier alpha value is -1.35. The van der Waals surface area contributed by atoms with E-state index in [2.05, 4.69) is 47.1 Å². The number of methoxy groups -OCH3 is 1. The average molecular weight is 323 g/mol. The average Bonchev–Trinajstić information content (AvgIpc) is 2.46. The van der Waals surface area contributed by atoms with Gasteiger partial charge in [-0.3, -0.25) is 0 Å². The van der Waals surface area contributed by atoms with E-state index < -0.39 is 0 Å². The van der Waals surface area contributed by atoms with E-state index in [1.165, 1.54) is 18.7 Å². The first-order valence-electron chi connectivity index (χ1n) is 6.22. The van der Waals surface area contributed by atoms with Crippen LogP contribution in [0, 0.1) is 5.82 Å². The zero-order chi connectivity index (χ0) is 13.8. The van der Waals surface area contributed by atoms with Crippen molar-refractivity contribution in [2.45, 2.75) is 18.2 Å². The zero-order valence-electron chi connectivity index (χ0n) is 11.0. The lowest BCUT2D eigenvalue weighted by atomic mass is 10.0. The Bertz CT molecular complexity index is 551. The second-order valence-corrected chi connectivity index (χ2v) is 5.27. The zero-order valence-corrected chi connectivity index (χ0v) is 12.6. The molecule has 0 aromatic heterocycles. The molecule has 0 saturated carbocycles. The highest BCUT2D eigenvalue weighted by molar-refractivity contribution is 9.09. The second-order valence-electron chi connectivity index (χ2n) is 4.35. The maximum atomic E-state index is 13.7. The molecule has 2 aromatic carbocycles. The van der Waals surface area contributed by atoms with E-state index in [0.29, 0.717) is 0 Å². The van der Waals surface area contributed by atoms with Crippen molar-refractivity contribution in [1.82, 2.24) is 0 Å². The van der Waals surface area contributed by atoms with Crippen LogP contribution in [0.5, 0.6) is 5.75 Å². The van der Waals surface area contributed by atoms with Crippen molar-refractivity contribution in [1.29, 1.82) is 0 Å². The maximum absolute atomic E-state index is 13.7. The van der Waals surface area contributed by atoms with Gasteiger partial charge in [0, 0.05) is 0 Å². The van der Waals surface area contributed by atoms with E-state index >= 15 is 0 Å². The SMILES string of the molecule is CCc1ccc(C(Br)c2ccc(OC)c(F)c2)cc1. The summed E-state index contributed by atoms with van der Waals surface area (Å²) >= 11 is 3.61. The Balaban J connectivity index is 2.27. The number of hydrogen-bond acceptors (Lipinski definition) is 1. The first kappa shape index (κ1) is 14.1. The predicted octanol–water partition coefficient (Wildman–Crippen LogP) is 4.88. The fourth-order valence-electron chi connectivity index (χ4n) is 1.96. The fraction of sp³-hybridized carbons (Fsp3) is 0.250. The third-order valence-electron chi connectivity index (χ3n) is 3.15. The van der Waals surface area contributed by atoms with Gasteiger partial charge in [0.1, 0.15) is 0 Å². The van der Waals surface area contributed by atoms with E-state index in [1.54, 1.807) is 6.07 Å². The highest BCUT2D eigenvalue weighted by Crippen LogP contribution is 2.33. The first-order valence-corrected chi connectivity index (χ1v) is 7.13. The molecule has 1 unspecified atom stereocenters. The molecule has 0 spiro atoms. The Morgan fingerprint density at radius 3 is 2.26 bits per heavy atom. The number of aryl methyl sites for hydroxylation is 1. The molecule has 1 nitrogen and oxygen atoms in total. The van der Waals surface area contributed by atoms with Gasteiger partial charge < -0.3 is 4.74 Å². The number of ether oxygens (including phenoxy) is 1. The predicted molar refractivity (Wildman–Crippen MR) is 79.5 cm³/mol. The molecule has 100 valence electrons. The van der Waals surface area contributed by atoms with Crippen LogP contribution in [0.3, 0.4) is 0 Å². The maximum Gasteiger partial charge on any atom is 0.165 e. The van der Waals surface area contributed by atoms with Crippen LogP contribution in [0.25, 0.3) is 0 Å². The molecule has 0 amide bonds. The van der Waals surface area contributed by atoms with Crippen LogP contribution in [-0.4, -0.2) is 7.11 Å². The number of hydrogen-bond donors (Lipinski definition) is 0. The van der Waals surface area contributed by atoms with E-state index in [1.807, 2.05) is 6.07 Å². The fourth-order valence-corrected chi connectivity index (χ4v) is 2.55. The number of rotatable bonds is 4. The van der Waals surface area contributed by atoms with Gasteiger partial charge in [0.2, 0.25) is 0 Å². The van der Waals surface area contributed by atoms with Gasteiger partial charge in [0.05, 0.1) is 11.9 Å². The highest BCUT2D eigenvalue weighted by Gasteiger charge is 2.13. The summed E-state index contributed by atoms with van der Waals surface area (Å²) in [7, 11) is 1.47. The van der Waals surface area contributed by atoms with Crippen molar-refractivity contribution in [2.24, 2.45) is 0 Å². The number of halogens is 2. The van der Waals surface area contributed by atoms with Gasteiger partial charge in [-0.2, -0.15) is 0 Å². The topological polar surface area (TPSA) is 9.23 Å². The minimum atomic E-state index is -0.338. The molecule has 2 aromatic rings. The minimum Gasteiger partial charge on any atom is -0.494 e. The van der Waals surface area contributed by atoms with Crippen LogP contribution in [-0.2, 0) is 6.42 Å². The van der Waals surface area contributed by atoms with Crippen LogP contribution in [0.4, 0.5) is 4.39 Å². The summed E-state index contributed by atoms with van der Waals surface area (Å²) in [5, 5.41) is 0. The Kier molecular flexibility index (Phi) is 4.59. The molecule has 0 aliphatic rings. The number of benzene rings is 2. The molecular formula is C16H16BrFO. The summed E-state index contributed by atoms with van der Waals surface area (Å²) in [4.78, 5) is -0.0150. The van der Waals surface area contributed by atoms with Crippen molar-refractivity contribution < 1.29 is 9.13 Å². The summed E-state index contributed by atoms with van der Waals surface area (Å²) in [6, 6.07) is 13.4. The molecule has 0 saturated heterocycles. The first-order chi connectivity index (χ1) is 9.15. The summed E-state index contributed by atoms with van der Waals surface area (Å²) in [6.07, 6.45) is 1.02. The Morgan fingerprint density at radius 2 is 1.74 bits per heavy atom. The van der Waals surface area contributed by atoms with Gasteiger partial charge in [-0.1, -0.05) is 53.2 Å². The van der Waals surface area contributed by atoms with Crippen LogP contribution in [0.2, 0.25) is 0 Å². The lowest BCUT2D eigenvalue weighted by Crippen LogP contribution is -1.96. The smallest absolute Gasteiger partial charge is 0.165 e. The third-order valence-corrected chi connectivity index (χ3v) is 4.21. The van der Waals surface area contributed by atoms with Gasteiger partial charge >= 0.3 is 0 Å². The summed E-state index contributed by atoms with van der Waals surface area (Å²) in [6.45, 7) is 2.12. The molecule has 0 radical (unpaired) electrons. The van der Waals surface area contributed by atoms with Crippen LogP contribution >= 0.6 is 15.9 Å². The van der Waals surface area contributed by atoms with Gasteiger partial charge in [-0.25, -0.2) is 4.39 Å². The quantitative estimate of drug-likeness (QED) is 0.729. The monoisotopic (exact) mass is 322 g/mol. The normalized spacial score (nSPS) is 12.2. The molecule has 3 heteroatoms. The lowest BCUT2D eigenvalue weighted by Gasteiger charge is -2.12. The third kappa shape index (κ3) is 3.16. The molecule has 1 atom stereocenters. The van der Waals surface area contributed by atoms with Crippen LogP contribution < -0.4 is 4.74 Å². The second kappa shape index (κ2) is 6.20. The molecule has 0 fully saturated rings. The highest BCUT2D eigenvalue weighted by atomic mass is 79.9. The van der Waals surface area contributed by atoms with E-state index in [4.69, 9.17) is 4.74 Å².